The molecule has 2 nitrogen and oxygen atoms in total. The summed E-state index contributed by atoms with van der Waals surface area (Å²) in [7, 11) is -0.171. The number of benzene rings is 1. The van der Waals surface area contributed by atoms with E-state index in [2.05, 4.69) is 74.9 Å². The van der Waals surface area contributed by atoms with E-state index in [0.717, 1.165) is 6.32 Å². The molecule has 0 saturated carbocycles. The van der Waals surface area contributed by atoms with Crippen molar-refractivity contribution in [3.8, 4) is 0 Å². The highest BCUT2D eigenvalue weighted by Crippen LogP contribution is 2.41. The Morgan fingerprint density at radius 3 is 2.14 bits per heavy atom. The Hall–Kier alpha value is -1.10. The van der Waals surface area contributed by atoms with Crippen LogP contribution in [0.5, 0.6) is 0 Å². The van der Waals surface area contributed by atoms with Gasteiger partial charge in [0.1, 0.15) is 0 Å². The summed E-state index contributed by atoms with van der Waals surface area (Å²) in [4.78, 5) is 0. The highest BCUT2D eigenvalue weighted by molar-refractivity contribution is 7.08. The summed E-state index contributed by atoms with van der Waals surface area (Å²) in [5, 5.41) is 4.36. The molecule has 1 aromatic heterocycles. The second-order valence-corrected chi connectivity index (χ2v) is 7.72. The van der Waals surface area contributed by atoms with Gasteiger partial charge in [-0.2, -0.15) is 11.3 Å². The molecule has 22 heavy (non-hydrogen) atoms. The Labute approximate surface area is 137 Å². The number of thiophene rings is 1. The van der Waals surface area contributed by atoms with Gasteiger partial charge < -0.3 is 9.31 Å². The molecule has 0 radical (unpaired) electrons. The largest absolute Gasteiger partial charge is 0.458 e. The molecule has 1 atom stereocenters. The van der Waals surface area contributed by atoms with Gasteiger partial charge in [-0.1, -0.05) is 30.3 Å². The zero-order valence-corrected chi connectivity index (χ0v) is 14.5. The summed E-state index contributed by atoms with van der Waals surface area (Å²) in [6, 6.07) is 12.8. The maximum absolute atomic E-state index is 6.20. The first-order chi connectivity index (χ1) is 10.4. The third-order valence-corrected chi connectivity index (χ3v) is 5.58. The zero-order valence-electron chi connectivity index (χ0n) is 13.7. The van der Waals surface area contributed by atoms with Crippen molar-refractivity contribution in [1.82, 2.24) is 0 Å². The second kappa shape index (κ2) is 5.84. The van der Waals surface area contributed by atoms with Crippen LogP contribution in [0, 0.1) is 0 Å². The van der Waals surface area contributed by atoms with Gasteiger partial charge in [-0.05, 0) is 62.0 Å². The average molecular weight is 314 g/mol. The van der Waals surface area contributed by atoms with Crippen molar-refractivity contribution in [2.24, 2.45) is 0 Å². The van der Waals surface area contributed by atoms with Crippen LogP contribution in [0.3, 0.4) is 0 Å². The predicted octanol–water partition coefficient (Wildman–Crippen LogP) is 4.97. The Balaban J connectivity index is 1.84. The molecule has 0 bridgehead atoms. The van der Waals surface area contributed by atoms with E-state index in [4.69, 9.17) is 9.31 Å². The Kier molecular flexibility index (Phi) is 4.19. The summed E-state index contributed by atoms with van der Waals surface area (Å²) in [5.74, 6) is 0.308. The maximum atomic E-state index is 6.20. The van der Waals surface area contributed by atoms with Crippen molar-refractivity contribution in [3.05, 3.63) is 58.3 Å². The summed E-state index contributed by atoms with van der Waals surface area (Å²) in [6.45, 7) is 8.43. The van der Waals surface area contributed by atoms with Crippen LogP contribution in [-0.4, -0.2) is 18.3 Å². The molecule has 1 fully saturated rings. The van der Waals surface area contributed by atoms with E-state index >= 15 is 0 Å². The van der Waals surface area contributed by atoms with Gasteiger partial charge >= 0.3 is 7.12 Å². The van der Waals surface area contributed by atoms with Gasteiger partial charge in [-0.3, -0.25) is 0 Å². The molecule has 0 N–H and O–H groups in total. The first kappa shape index (κ1) is 15.8. The normalized spacial score (nSPS) is 21.0. The third kappa shape index (κ3) is 3.01. The summed E-state index contributed by atoms with van der Waals surface area (Å²) >= 11 is 1.74. The van der Waals surface area contributed by atoms with Crippen molar-refractivity contribution >= 4 is 18.5 Å². The van der Waals surface area contributed by atoms with Gasteiger partial charge in [0.05, 0.1) is 11.2 Å². The molecule has 2 heterocycles. The second-order valence-electron chi connectivity index (χ2n) is 6.94. The molecule has 1 aliphatic rings. The van der Waals surface area contributed by atoms with Crippen LogP contribution in [0.15, 0.2) is 47.2 Å². The lowest BCUT2D eigenvalue weighted by Gasteiger charge is -2.32. The number of hydrogen-bond acceptors (Lipinski definition) is 3. The van der Waals surface area contributed by atoms with E-state index in [9.17, 15) is 0 Å². The lowest BCUT2D eigenvalue weighted by molar-refractivity contribution is 0.00578. The molecule has 3 rings (SSSR count). The summed E-state index contributed by atoms with van der Waals surface area (Å²) in [6.07, 6.45) is 0.841. The van der Waals surface area contributed by atoms with Gasteiger partial charge in [0.2, 0.25) is 0 Å². The Bertz CT molecular complexity index is 591. The standard InChI is InChI=1S/C18H23BO2S/c1-17(2)18(3,4)21-19(20-17)12-16(15-10-11-22-13-15)14-8-6-5-7-9-14/h5-11,13,16H,12H2,1-4H3. The molecule has 1 unspecified atom stereocenters. The quantitative estimate of drug-likeness (QED) is 0.742. The van der Waals surface area contributed by atoms with Crippen LogP contribution >= 0.6 is 11.3 Å². The van der Waals surface area contributed by atoms with Gasteiger partial charge in [-0.25, -0.2) is 0 Å². The van der Waals surface area contributed by atoms with E-state index in [-0.39, 0.29) is 18.3 Å². The number of rotatable bonds is 4. The van der Waals surface area contributed by atoms with E-state index in [1.807, 2.05) is 0 Å². The van der Waals surface area contributed by atoms with Crippen LogP contribution in [0.2, 0.25) is 6.32 Å². The van der Waals surface area contributed by atoms with Crippen molar-refractivity contribution in [3.63, 3.8) is 0 Å². The lowest BCUT2D eigenvalue weighted by Crippen LogP contribution is -2.41. The van der Waals surface area contributed by atoms with Crippen molar-refractivity contribution in [2.45, 2.75) is 51.1 Å². The van der Waals surface area contributed by atoms with Crippen molar-refractivity contribution in [1.29, 1.82) is 0 Å². The zero-order chi connectivity index (χ0) is 15.8. The maximum Gasteiger partial charge on any atom is 0.458 e. The fourth-order valence-electron chi connectivity index (χ4n) is 2.88. The lowest BCUT2D eigenvalue weighted by atomic mass is 9.72. The van der Waals surface area contributed by atoms with Gasteiger partial charge in [0, 0.05) is 5.92 Å². The third-order valence-electron chi connectivity index (χ3n) is 4.88. The van der Waals surface area contributed by atoms with Crippen molar-refractivity contribution in [2.75, 3.05) is 0 Å². The molecular formula is C18H23BO2S. The molecule has 0 spiro atoms. The minimum Gasteiger partial charge on any atom is -0.403 e. The fourth-order valence-corrected chi connectivity index (χ4v) is 3.59. The Morgan fingerprint density at radius 1 is 0.955 bits per heavy atom. The monoisotopic (exact) mass is 314 g/mol. The van der Waals surface area contributed by atoms with Crippen LogP contribution in [0.1, 0.15) is 44.7 Å². The predicted molar refractivity (Wildman–Crippen MR) is 93.5 cm³/mol. The number of hydrogen-bond donors (Lipinski definition) is 0. The minimum absolute atomic E-state index is 0.171. The molecule has 0 aliphatic carbocycles. The molecule has 0 amide bonds. The molecule has 1 aliphatic heterocycles. The van der Waals surface area contributed by atoms with E-state index < -0.39 is 0 Å². The van der Waals surface area contributed by atoms with E-state index in [1.165, 1.54) is 11.1 Å². The summed E-state index contributed by atoms with van der Waals surface area (Å²) < 4.78 is 12.4. The highest BCUT2D eigenvalue weighted by atomic mass is 32.1. The molecular weight excluding hydrogens is 291 g/mol. The van der Waals surface area contributed by atoms with E-state index in [1.54, 1.807) is 11.3 Å². The molecule has 1 saturated heterocycles. The fraction of sp³-hybridized carbons (Fsp3) is 0.444. The van der Waals surface area contributed by atoms with E-state index in [0.29, 0.717) is 5.92 Å². The average Bonchev–Trinajstić information content (AvgIpc) is 3.04. The Morgan fingerprint density at radius 2 is 1.59 bits per heavy atom. The molecule has 116 valence electrons. The smallest absolute Gasteiger partial charge is 0.403 e. The topological polar surface area (TPSA) is 18.5 Å². The first-order valence-corrected chi connectivity index (χ1v) is 8.76. The van der Waals surface area contributed by atoms with Crippen LogP contribution in [0.4, 0.5) is 0 Å². The highest BCUT2D eigenvalue weighted by Gasteiger charge is 2.51. The first-order valence-electron chi connectivity index (χ1n) is 7.82. The van der Waals surface area contributed by atoms with Crippen LogP contribution in [0.25, 0.3) is 0 Å². The van der Waals surface area contributed by atoms with Crippen molar-refractivity contribution < 1.29 is 9.31 Å². The minimum atomic E-state index is -0.270. The van der Waals surface area contributed by atoms with Gasteiger partial charge in [0.25, 0.3) is 0 Å². The van der Waals surface area contributed by atoms with Crippen LogP contribution < -0.4 is 0 Å². The van der Waals surface area contributed by atoms with Gasteiger partial charge in [-0.15, -0.1) is 0 Å². The molecule has 1 aromatic carbocycles. The molecule has 2 aromatic rings. The molecule has 4 heteroatoms. The van der Waals surface area contributed by atoms with Gasteiger partial charge in [0.15, 0.2) is 0 Å². The summed E-state index contributed by atoms with van der Waals surface area (Å²) in [5.41, 5.74) is 2.11. The SMILES string of the molecule is CC1(C)OB(CC(c2ccccc2)c2ccsc2)OC1(C)C. The van der Waals surface area contributed by atoms with Crippen LogP contribution in [-0.2, 0) is 9.31 Å².